The van der Waals surface area contributed by atoms with Crippen molar-refractivity contribution in [2.75, 3.05) is 26.3 Å². The van der Waals surface area contributed by atoms with Gasteiger partial charge in [-0.2, -0.15) is 0 Å². The number of rotatable bonds is 4. The summed E-state index contributed by atoms with van der Waals surface area (Å²) in [5.74, 6) is 0.195. The molecule has 1 saturated heterocycles. The van der Waals surface area contributed by atoms with Gasteiger partial charge in [0.15, 0.2) is 0 Å². The molecule has 0 spiro atoms. The quantitative estimate of drug-likeness (QED) is 0.839. The second kappa shape index (κ2) is 8.67. The van der Waals surface area contributed by atoms with E-state index in [2.05, 4.69) is 37.4 Å². The van der Waals surface area contributed by atoms with E-state index in [1.165, 1.54) is 27.1 Å². The van der Waals surface area contributed by atoms with Crippen molar-refractivity contribution in [1.82, 2.24) is 10.2 Å². The standard InChI is InChI=1S/C23H28N2O3S/c1-15-3-4-16(2)19(11-15)14-24-22(26)17-5-6-20-18(12-17)13-21(29-20)23(27)25-7-9-28-10-8-25/h3-4,11,13,17H,5-10,12,14H2,1-2H3,(H,24,26)/t17-/m1/s1. The minimum Gasteiger partial charge on any atom is -0.378 e. The molecule has 0 radical (unpaired) electrons. The van der Waals surface area contributed by atoms with Gasteiger partial charge < -0.3 is 15.0 Å². The van der Waals surface area contributed by atoms with E-state index in [-0.39, 0.29) is 17.7 Å². The molecule has 2 aromatic rings. The van der Waals surface area contributed by atoms with Crippen molar-refractivity contribution < 1.29 is 14.3 Å². The molecular weight excluding hydrogens is 384 g/mol. The molecule has 1 aliphatic heterocycles. The molecule has 2 aliphatic rings. The summed E-state index contributed by atoms with van der Waals surface area (Å²) in [6.07, 6.45) is 2.44. The monoisotopic (exact) mass is 412 g/mol. The van der Waals surface area contributed by atoms with Gasteiger partial charge in [0.2, 0.25) is 5.91 Å². The lowest BCUT2D eigenvalue weighted by atomic mass is 9.87. The molecule has 0 unspecified atom stereocenters. The first-order valence-electron chi connectivity index (χ1n) is 10.3. The van der Waals surface area contributed by atoms with Gasteiger partial charge in [-0.05, 0) is 55.9 Å². The van der Waals surface area contributed by atoms with Gasteiger partial charge >= 0.3 is 0 Å². The maximum absolute atomic E-state index is 12.8. The van der Waals surface area contributed by atoms with Crippen LogP contribution in [-0.2, 0) is 28.9 Å². The third kappa shape index (κ3) is 4.54. The van der Waals surface area contributed by atoms with Crippen molar-refractivity contribution >= 4 is 23.2 Å². The molecule has 1 N–H and O–H groups in total. The third-order valence-electron chi connectivity index (χ3n) is 5.92. The molecule has 6 heteroatoms. The topological polar surface area (TPSA) is 58.6 Å². The van der Waals surface area contributed by atoms with E-state index in [9.17, 15) is 9.59 Å². The smallest absolute Gasteiger partial charge is 0.264 e. The molecule has 1 fully saturated rings. The first-order chi connectivity index (χ1) is 14.0. The second-order valence-electron chi connectivity index (χ2n) is 8.05. The maximum atomic E-state index is 12.8. The van der Waals surface area contributed by atoms with Crippen LogP contribution >= 0.6 is 11.3 Å². The molecular formula is C23H28N2O3S. The number of hydrogen-bond donors (Lipinski definition) is 1. The Hall–Kier alpha value is -2.18. The Labute approximate surface area is 176 Å². The molecule has 4 rings (SSSR count). The Balaban J connectivity index is 1.38. The molecule has 1 aliphatic carbocycles. The zero-order chi connectivity index (χ0) is 20.4. The van der Waals surface area contributed by atoms with E-state index >= 15 is 0 Å². The number of thiophene rings is 1. The van der Waals surface area contributed by atoms with Crippen LogP contribution in [0.4, 0.5) is 0 Å². The summed E-state index contributed by atoms with van der Waals surface area (Å²) < 4.78 is 5.34. The van der Waals surface area contributed by atoms with Gasteiger partial charge in [-0.15, -0.1) is 11.3 Å². The molecule has 2 heterocycles. The van der Waals surface area contributed by atoms with E-state index in [1.807, 2.05) is 11.0 Å². The SMILES string of the molecule is Cc1ccc(C)c(CNC(=O)[C@@H]2CCc3sc(C(=O)N4CCOCC4)cc3C2)c1. The van der Waals surface area contributed by atoms with Crippen molar-refractivity contribution in [3.8, 4) is 0 Å². The Morgan fingerprint density at radius 2 is 2.00 bits per heavy atom. The van der Waals surface area contributed by atoms with Crippen LogP contribution in [0.1, 0.15) is 43.2 Å². The van der Waals surface area contributed by atoms with Gasteiger partial charge in [0.25, 0.3) is 5.91 Å². The van der Waals surface area contributed by atoms with Crippen molar-refractivity contribution in [3.63, 3.8) is 0 Å². The second-order valence-corrected chi connectivity index (χ2v) is 9.19. The molecule has 1 aromatic carbocycles. The number of amides is 2. The third-order valence-corrected chi connectivity index (χ3v) is 7.15. The van der Waals surface area contributed by atoms with Gasteiger partial charge in [-0.25, -0.2) is 0 Å². The summed E-state index contributed by atoms with van der Waals surface area (Å²) >= 11 is 1.60. The lowest BCUT2D eigenvalue weighted by Crippen LogP contribution is -2.40. The van der Waals surface area contributed by atoms with E-state index in [4.69, 9.17) is 4.74 Å². The first-order valence-corrected chi connectivity index (χ1v) is 11.2. The van der Waals surface area contributed by atoms with Crippen molar-refractivity contribution in [2.45, 2.75) is 39.7 Å². The summed E-state index contributed by atoms with van der Waals surface area (Å²) in [6.45, 7) is 7.25. The molecule has 5 nitrogen and oxygen atoms in total. The van der Waals surface area contributed by atoms with Gasteiger partial charge in [0.05, 0.1) is 18.1 Å². The summed E-state index contributed by atoms with van der Waals surface area (Å²) in [5, 5.41) is 3.12. The summed E-state index contributed by atoms with van der Waals surface area (Å²) in [7, 11) is 0. The summed E-state index contributed by atoms with van der Waals surface area (Å²) in [6, 6.07) is 8.34. The van der Waals surface area contributed by atoms with Gasteiger partial charge in [0.1, 0.15) is 0 Å². The average Bonchev–Trinajstić information content (AvgIpc) is 3.17. The first kappa shape index (κ1) is 20.1. The Kier molecular flexibility index (Phi) is 6.01. The molecule has 154 valence electrons. The highest BCUT2D eigenvalue weighted by atomic mass is 32.1. The molecule has 2 amide bonds. The molecule has 29 heavy (non-hydrogen) atoms. The van der Waals surface area contributed by atoms with E-state index in [0.717, 1.165) is 24.1 Å². The normalized spacial score (nSPS) is 19.0. The van der Waals surface area contributed by atoms with Gasteiger partial charge in [0, 0.05) is 30.4 Å². The lowest BCUT2D eigenvalue weighted by Gasteiger charge is -2.26. The number of aryl methyl sites for hydroxylation is 3. The van der Waals surface area contributed by atoms with Crippen molar-refractivity contribution in [1.29, 1.82) is 0 Å². The van der Waals surface area contributed by atoms with Gasteiger partial charge in [-0.3, -0.25) is 9.59 Å². The van der Waals surface area contributed by atoms with Crippen LogP contribution in [0.5, 0.6) is 0 Å². The predicted octanol–water partition coefficient (Wildman–Crippen LogP) is 3.26. The zero-order valence-corrected chi connectivity index (χ0v) is 17.9. The minimum absolute atomic E-state index is 0.0199. The van der Waals surface area contributed by atoms with Crippen molar-refractivity contribution in [3.05, 3.63) is 56.3 Å². The fourth-order valence-corrected chi connectivity index (χ4v) is 5.27. The molecule has 1 aromatic heterocycles. The number of benzene rings is 1. The zero-order valence-electron chi connectivity index (χ0n) is 17.1. The maximum Gasteiger partial charge on any atom is 0.264 e. The van der Waals surface area contributed by atoms with Crippen molar-refractivity contribution in [2.24, 2.45) is 5.92 Å². The van der Waals surface area contributed by atoms with Crippen LogP contribution in [-0.4, -0.2) is 43.0 Å². The molecule has 1 atom stereocenters. The largest absolute Gasteiger partial charge is 0.378 e. The van der Waals surface area contributed by atoms with Crippen LogP contribution in [0.3, 0.4) is 0 Å². The van der Waals surface area contributed by atoms with Crippen LogP contribution in [0, 0.1) is 19.8 Å². The van der Waals surface area contributed by atoms with Crippen LogP contribution in [0.2, 0.25) is 0 Å². The van der Waals surface area contributed by atoms with Crippen LogP contribution in [0.15, 0.2) is 24.3 Å². The Morgan fingerprint density at radius 1 is 1.21 bits per heavy atom. The van der Waals surface area contributed by atoms with E-state index < -0.39 is 0 Å². The highest BCUT2D eigenvalue weighted by Crippen LogP contribution is 2.33. The summed E-state index contributed by atoms with van der Waals surface area (Å²) in [4.78, 5) is 29.5. The Bertz CT molecular complexity index is 915. The number of fused-ring (bicyclic) bond motifs is 1. The fourth-order valence-electron chi connectivity index (χ4n) is 4.09. The highest BCUT2D eigenvalue weighted by molar-refractivity contribution is 7.14. The molecule has 0 saturated carbocycles. The van der Waals surface area contributed by atoms with Crippen LogP contribution in [0.25, 0.3) is 0 Å². The Morgan fingerprint density at radius 3 is 2.79 bits per heavy atom. The number of hydrogen-bond acceptors (Lipinski definition) is 4. The van der Waals surface area contributed by atoms with Gasteiger partial charge in [-0.1, -0.05) is 23.8 Å². The fraction of sp³-hybridized carbons (Fsp3) is 0.478. The number of carbonyl (C=O) groups is 2. The number of carbonyl (C=O) groups excluding carboxylic acids is 2. The lowest BCUT2D eigenvalue weighted by molar-refractivity contribution is -0.125. The van der Waals surface area contributed by atoms with Crippen LogP contribution < -0.4 is 5.32 Å². The van der Waals surface area contributed by atoms with E-state index in [1.54, 1.807) is 11.3 Å². The van der Waals surface area contributed by atoms with E-state index in [0.29, 0.717) is 32.8 Å². The molecule has 0 bridgehead atoms. The summed E-state index contributed by atoms with van der Waals surface area (Å²) in [5.41, 5.74) is 4.75. The highest BCUT2D eigenvalue weighted by Gasteiger charge is 2.28. The predicted molar refractivity (Wildman–Crippen MR) is 114 cm³/mol. The minimum atomic E-state index is -0.0199. The number of ether oxygens (including phenoxy) is 1. The number of nitrogens with zero attached hydrogens (tertiary/aromatic N) is 1. The number of nitrogens with one attached hydrogen (secondary N) is 1. The average molecular weight is 413 g/mol. The number of morpholine rings is 1.